The van der Waals surface area contributed by atoms with E-state index in [4.69, 9.17) is 4.74 Å². The predicted molar refractivity (Wildman–Crippen MR) is 69.4 cm³/mol. The lowest BCUT2D eigenvalue weighted by molar-refractivity contribution is -0.0933. The van der Waals surface area contributed by atoms with Gasteiger partial charge in [-0.3, -0.25) is 0 Å². The van der Waals surface area contributed by atoms with Crippen LogP contribution < -0.4 is 0 Å². The van der Waals surface area contributed by atoms with Crippen molar-refractivity contribution in [1.29, 1.82) is 0 Å². The molecule has 17 heavy (non-hydrogen) atoms. The Morgan fingerprint density at radius 3 is 2.65 bits per heavy atom. The van der Waals surface area contributed by atoms with E-state index in [1.165, 1.54) is 11.1 Å². The topological polar surface area (TPSA) is 29.5 Å². The second-order valence-corrected chi connectivity index (χ2v) is 6.01. The van der Waals surface area contributed by atoms with E-state index in [0.717, 1.165) is 5.76 Å². The molecule has 2 rings (SSSR count). The number of hydrogen-bond acceptors (Lipinski definition) is 2. The average Bonchev–Trinajstić information content (AvgIpc) is 2.26. The van der Waals surface area contributed by atoms with Gasteiger partial charge < -0.3 is 9.84 Å². The van der Waals surface area contributed by atoms with Crippen LogP contribution >= 0.6 is 0 Å². The van der Waals surface area contributed by atoms with Crippen molar-refractivity contribution in [3.63, 3.8) is 0 Å². The molecule has 0 aromatic rings. The van der Waals surface area contributed by atoms with Gasteiger partial charge in [0.15, 0.2) is 0 Å². The monoisotopic (exact) mass is 236 g/mol. The third-order valence-corrected chi connectivity index (χ3v) is 4.88. The number of fused-ring (bicyclic) bond motifs is 2. The van der Waals surface area contributed by atoms with Crippen LogP contribution in [0.1, 0.15) is 34.6 Å². The molecule has 1 saturated heterocycles. The molecule has 2 aliphatic rings. The zero-order chi connectivity index (χ0) is 12.8. The number of rotatable bonds is 1. The molecule has 1 aliphatic carbocycles. The van der Waals surface area contributed by atoms with Gasteiger partial charge >= 0.3 is 0 Å². The van der Waals surface area contributed by atoms with Gasteiger partial charge in [0.05, 0.1) is 13.2 Å². The van der Waals surface area contributed by atoms with Crippen LogP contribution in [0.5, 0.6) is 0 Å². The first kappa shape index (κ1) is 12.7. The van der Waals surface area contributed by atoms with Crippen molar-refractivity contribution in [3.05, 3.63) is 23.0 Å². The Morgan fingerprint density at radius 1 is 1.47 bits per heavy atom. The van der Waals surface area contributed by atoms with Gasteiger partial charge in [0.25, 0.3) is 0 Å². The van der Waals surface area contributed by atoms with Crippen molar-refractivity contribution in [1.82, 2.24) is 0 Å². The normalized spacial score (nSPS) is 40.7. The van der Waals surface area contributed by atoms with Crippen molar-refractivity contribution >= 4 is 0 Å². The molecule has 0 spiro atoms. The second kappa shape index (κ2) is 4.16. The Labute approximate surface area is 104 Å². The Morgan fingerprint density at radius 2 is 2.12 bits per heavy atom. The molecule has 2 heteroatoms. The number of hydrogen-bond donors (Lipinski definition) is 1. The second-order valence-electron chi connectivity index (χ2n) is 6.01. The maximum Gasteiger partial charge on any atom is 0.102 e. The van der Waals surface area contributed by atoms with Crippen LogP contribution in [-0.4, -0.2) is 18.3 Å². The summed E-state index contributed by atoms with van der Waals surface area (Å²) in [7, 11) is 0. The Bertz CT molecular complexity index is 376. The molecule has 96 valence electrons. The molecule has 0 aromatic heterocycles. The summed E-state index contributed by atoms with van der Waals surface area (Å²) in [6, 6.07) is 0. The van der Waals surface area contributed by atoms with E-state index in [-0.39, 0.29) is 12.0 Å². The van der Waals surface area contributed by atoms with Crippen molar-refractivity contribution in [3.8, 4) is 0 Å². The van der Waals surface area contributed by atoms with Gasteiger partial charge in [0, 0.05) is 11.3 Å². The standard InChI is InChI=1S/C15H24O2/c1-9(2)14-13-10(3)6-11(4)15(7-16,8-17-14)12(13)5/h6,11-13,16H,7-8H2,1-5H3/t11-,12+,13-,15-/m1/s1. The molecule has 4 atom stereocenters. The number of aliphatic hydroxyl groups excluding tert-OH is 1. The first-order valence-electron chi connectivity index (χ1n) is 6.53. The molecule has 1 N–H and O–H groups in total. The largest absolute Gasteiger partial charge is 0.497 e. The number of ether oxygens (including phenoxy) is 1. The van der Waals surface area contributed by atoms with Gasteiger partial charge in [-0.25, -0.2) is 0 Å². The summed E-state index contributed by atoms with van der Waals surface area (Å²) in [5.74, 6) is 2.32. The zero-order valence-corrected chi connectivity index (χ0v) is 11.6. The third kappa shape index (κ3) is 1.65. The van der Waals surface area contributed by atoms with Gasteiger partial charge in [-0.2, -0.15) is 0 Å². The first-order valence-corrected chi connectivity index (χ1v) is 6.53. The summed E-state index contributed by atoms with van der Waals surface area (Å²) in [6.45, 7) is 11.7. The van der Waals surface area contributed by atoms with E-state index >= 15 is 0 Å². The zero-order valence-electron chi connectivity index (χ0n) is 11.6. The van der Waals surface area contributed by atoms with Crippen LogP contribution in [0.4, 0.5) is 0 Å². The van der Waals surface area contributed by atoms with E-state index in [1.807, 2.05) is 0 Å². The molecule has 0 amide bonds. The smallest absolute Gasteiger partial charge is 0.102 e. The van der Waals surface area contributed by atoms with Crippen molar-refractivity contribution in [2.75, 3.05) is 13.2 Å². The maximum absolute atomic E-state index is 9.82. The van der Waals surface area contributed by atoms with E-state index in [1.54, 1.807) is 0 Å². The lowest BCUT2D eigenvalue weighted by Crippen LogP contribution is -2.52. The van der Waals surface area contributed by atoms with E-state index in [9.17, 15) is 5.11 Å². The number of allylic oxidation sites excluding steroid dienone is 3. The molecule has 1 fully saturated rings. The van der Waals surface area contributed by atoms with Gasteiger partial charge in [-0.1, -0.05) is 25.5 Å². The van der Waals surface area contributed by atoms with Gasteiger partial charge in [-0.15, -0.1) is 0 Å². The first-order chi connectivity index (χ1) is 7.94. The van der Waals surface area contributed by atoms with E-state index in [0.29, 0.717) is 24.4 Å². The van der Waals surface area contributed by atoms with Crippen molar-refractivity contribution in [2.45, 2.75) is 34.6 Å². The molecule has 0 radical (unpaired) electrons. The molecule has 2 bridgehead atoms. The summed E-state index contributed by atoms with van der Waals surface area (Å²) in [5, 5.41) is 9.82. The SMILES string of the molecule is CC1=C[C@@H](C)[C@@]2(CO)COC(=C(C)C)[C@H]1[C@@H]2C. The third-order valence-electron chi connectivity index (χ3n) is 4.88. The molecule has 0 unspecified atom stereocenters. The van der Waals surface area contributed by atoms with Crippen LogP contribution in [0.2, 0.25) is 0 Å². The highest BCUT2D eigenvalue weighted by molar-refractivity contribution is 5.29. The fourth-order valence-electron chi connectivity index (χ4n) is 3.59. The van der Waals surface area contributed by atoms with Crippen LogP contribution in [0, 0.1) is 23.2 Å². The summed E-state index contributed by atoms with van der Waals surface area (Å²) >= 11 is 0. The quantitative estimate of drug-likeness (QED) is 0.709. The maximum atomic E-state index is 9.82. The lowest BCUT2D eigenvalue weighted by atomic mass is 9.57. The highest BCUT2D eigenvalue weighted by Gasteiger charge is 2.52. The van der Waals surface area contributed by atoms with E-state index < -0.39 is 0 Å². The molecule has 0 saturated carbocycles. The minimum Gasteiger partial charge on any atom is -0.497 e. The van der Waals surface area contributed by atoms with Crippen LogP contribution in [-0.2, 0) is 4.74 Å². The van der Waals surface area contributed by atoms with Crippen LogP contribution in [0.15, 0.2) is 23.0 Å². The molecule has 1 heterocycles. The predicted octanol–water partition coefficient (Wildman–Crippen LogP) is 3.14. The summed E-state index contributed by atoms with van der Waals surface area (Å²) in [6.07, 6.45) is 2.33. The fraction of sp³-hybridized carbons (Fsp3) is 0.733. The summed E-state index contributed by atoms with van der Waals surface area (Å²) in [5.41, 5.74) is 2.56. The van der Waals surface area contributed by atoms with Gasteiger partial charge in [-0.05, 0) is 38.2 Å². The molecular formula is C15H24O2. The lowest BCUT2D eigenvalue weighted by Gasteiger charge is -2.53. The fourth-order valence-corrected chi connectivity index (χ4v) is 3.59. The molecular weight excluding hydrogens is 212 g/mol. The van der Waals surface area contributed by atoms with E-state index in [2.05, 4.69) is 40.7 Å². The summed E-state index contributed by atoms with van der Waals surface area (Å²) < 4.78 is 5.99. The number of aliphatic hydroxyl groups is 1. The Kier molecular flexibility index (Phi) is 3.11. The highest BCUT2D eigenvalue weighted by Crippen LogP contribution is 2.53. The van der Waals surface area contributed by atoms with Gasteiger partial charge in [0.2, 0.25) is 0 Å². The minimum absolute atomic E-state index is 0.0941. The van der Waals surface area contributed by atoms with Crippen LogP contribution in [0.25, 0.3) is 0 Å². The van der Waals surface area contributed by atoms with Crippen molar-refractivity contribution in [2.24, 2.45) is 23.2 Å². The summed E-state index contributed by atoms with van der Waals surface area (Å²) in [4.78, 5) is 0. The molecule has 0 aromatic carbocycles. The average molecular weight is 236 g/mol. The molecule has 1 aliphatic heterocycles. The van der Waals surface area contributed by atoms with Gasteiger partial charge in [0.1, 0.15) is 5.76 Å². The molecule has 2 nitrogen and oxygen atoms in total. The minimum atomic E-state index is -0.0941. The van der Waals surface area contributed by atoms with Crippen LogP contribution in [0.3, 0.4) is 0 Å². The Balaban J connectivity index is 2.52. The Hall–Kier alpha value is -0.760. The van der Waals surface area contributed by atoms with Crippen molar-refractivity contribution < 1.29 is 9.84 Å². The highest BCUT2D eigenvalue weighted by atomic mass is 16.5.